The quantitative estimate of drug-likeness (QED) is 0.285. The Balaban J connectivity index is 2.28. The van der Waals surface area contributed by atoms with Gasteiger partial charge >= 0.3 is 0 Å². The predicted molar refractivity (Wildman–Crippen MR) is 111 cm³/mol. The van der Waals surface area contributed by atoms with Crippen molar-refractivity contribution in [2.24, 2.45) is 0 Å². The van der Waals surface area contributed by atoms with Gasteiger partial charge in [0.1, 0.15) is 23.2 Å². The summed E-state index contributed by atoms with van der Waals surface area (Å²) in [6, 6.07) is 17.1. The second kappa shape index (κ2) is 8.89. The Hall–Kier alpha value is -2.16. The van der Waals surface area contributed by atoms with Crippen LogP contribution in [0.5, 0.6) is 0 Å². The molecule has 0 aliphatic heterocycles. The second-order valence-corrected chi connectivity index (χ2v) is 7.79. The van der Waals surface area contributed by atoms with Crippen LogP contribution in [0.2, 0.25) is 0 Å². The molecule has 0 aromatic heterocycles. The number of hydrogen-bond donors (Lipinski definition) is 6. The highest BCUT2D eigenvalue weighted by atomic mass is 79.9. The number of hydrogen-bond acceptors (Lipinski definition) is 6. The van der Waals surface area contributed by atoms with E-state index in [1.807, 2.05) is 0 Å². The first-order valence-electron chi connectivity index (χ1n) is 8.48. The van der Waals surface area contributed by atoms with Gasteiger partial charge in [-0.2, -0.15) is 0 Å². The standard InChI is InChI=1S/C21H23BrO6/c1-20(27,18(25)16(23)12-14-8-4-2-5-9-14)21(22,28)19(26)17(24)13-15-10-6-3-7-11-15/h2-13,18-19,23-28H,1H3/t18-,19+,20-,21-/m1/s1. The summed E-state index contributed by atoms with van der Waals surface area (Å²) < 4.78 is -2.59. The van der Waals surface area contributed by atoms with E-state index in [0.717, 1.165) is 6.92 Å². The van der Waals surface area contributed by atoms with Crippen molar-refractivity contribution >= 4 is 28.1 Å². The van der Waals surface area contributed by atoms with Gasteiger partial charge < -0.3 is 30.6 Å². The van der Waals surface area contributed by atoms with E-state index in [1.165, 1.54) is 12.2 Å². The molecule has 0 aliphatic rings. The first kappa shape index (κ1) is 22.1. The third kappa shape index (κ3) is 4.81. The van der Waals surface area contributed by atoms with E-state index < -0.39 is 33.8 Å². The molecule has 0 unspecified atom stereocenters. The van der Waals surface area contributed by atoms with Crippen molar-refractivity contribution in [3.05, 3.63) is 83.3 Å². The molecule has 0 aliphatic carbocycles. The van der Waals surface area contributed by atoms with Gasteiger partial charge in [0, 0.05) is 0 Å². The third-order valence-corrected chi connectivity index (χ3v) is 5.63. The van der Waals surface area contributed by atoms with Crippen molar-refractivity contribution in [3.8, 4) is 0 Å². The summed E-state index contributed by atoms with van der Waals surface area (Å²) >= 11 is 2.79. The minimum absolute atomic E-state index is 0.550. The Labute approximate surface area is 171 Å². The predicted octanol–water partition coefficient (Wildman–Crippen LogP) is 2.74. The van der Waals surface area contributed by atoms with Crippen LogP contribution in [0.1, 0.15) is 18.1 Å². The summed E-state index contributed by atoms with van der Waals surface area (Å²) in [4.78, 5) is 0. The maximum atomic E-state index is 10.7. The molecule has 0 saturated heterocycles. The van der Waals surface area contributed by atoms with Crippen molar-refractivity contribution in [1.29, 1.82) is 0 Å². The molecule has 0 saturated carbocycles. The molecule has 0 bridgehead atoms. The molecule has 0 amide bonds. The lowest BCUT2D eigenvalue weighted by molar-refractivity contribution is -0.176. The Kier molecular flexibility index (Phi) is 7.03. The minimum Gasteiger partial charge on any atom is -0.509 e. The van der Waals surface area contributed by atoms with E-state index in [9.17, 15) is 30.6 Å². The van der Waals surface area contributed by atoms with Crippen molar-refractivity contribution in [3.63, 3.8) is 0 Å². The lowest BCUT2D eigenvalue weighted by Crippen LogP contribution is -2.62. The molecule has 6 nitrogen and oxygen atoms in total. The molecular weight excluding hydrogens is 428 g/mol. The molecular formula is C21H23BrO6. The number of halogens is 1. The average molecular weight is 451 g/mol. The van der Waals surface area contributed by atoms with Gasteiger partial charge in [-0.15, -0.1) is 0 Å². The van der Waals surface area contributed by atoms with Gasteiger partial charge in [-0.05, 0) is 46.1 Å². The SMILES string of the molecule is C[C@@](O)([C@H](O)C(O)=Cc1ccccc1)[C@@](O)(Br)[C@@H](O)C(O)=Cc1ccccc1. The first-order valence-corrected chi connectivity index (χ1v) is 9.27. The fraction of sp³-hybridized carbons (Fsp3) is 0.238. The van der Waals surface area contributed by atoms with E-state index in [2.05, 4.69) is 15.9 Å². The van der Waals surface area contributed by atoms with Gasteiger partial charge in [0.15, 0.2) is 10.6 Å². The highest BCUT2D eigenvalue weighted by Gasteiger charge is 2.56. The molecule has 2 rings (SSSR count). The molecule has 150 valence electrons. The van der Waals surface area contributed by atoms with Crippen LogP contribution in [0.3, 0.4) is 0 Å². The molecule has 7 heteroatoms. The maximum Gasteiger partial charge on any atom is 0.184 e. The highest BCUT2D eigenvalue weighted by Crippen LogP contribution is 2.39. The fourth-order valence-corrected chi connectivity index (χ4v) is 3.00. The van der Waals surface area contributed by atoms with Crippen LogP contribution in [0.15, 0.2) is 72.2 Å². The number of aliphatic hydroxyl groups excluding tert-OH is 4. The summed E-state index contributed by atoms with van der Waals surface area (Å²) in [7, 11) is 0. The van der Waals surface area contributed by atoms with Crippen LogP contribution in [0.4, 0.5) is 0 Å². The Morgan fingerprint density at radius 1 is 0.786 bits per heavy atom. The van der Waals surface area contributed by atoms with Crippen LogP contribution in [-0.2, 0) is 0 Å². The fourth-order valence-electron chi connectivity index (χ4n) is 2.55. The molecule has 2 aromatic carbocycles. The minimum atomic E-state index is -2.59. The van der Waals surface area contributed by atoms with Gasteiger partial charge in [0.25, 0.3) is 0 Å². The highest BCUT2D eigenvalue weighted by molar-refractivity contribution is 9.10. The summed E-state index contributed by atoms with van der Waals surface area (Å²) in [5.41, 5.74) is -1.38. The summed E-state index contributed by atoms with van der Waals surface area (Å²) in [5, 5.41) is 62.5. The van der Waals surface area contributed by atoms with E-state index in [0.29, 0.717) is 11.1 Å². The normalized spacial score (nSPS) is 19.4. The van der Waals surface area contributed by atoms with Crippen molar-refractivity contribution < 1.29 is 30.6 Å². The van der Waals surface area contributed by atoms with E-state index >= 15 is 0 Å². The zero-order valence-corrected chi connectivity index (χ0v) is 16.7. The van der Waals surface area contributed by atoms with Crippen LogP contribution in [0.25, 0.3) is 12.2 Å². The molecule has 2 aromatic rings. The van der Waals surface area contributed by atoms with Gasteiger partial charge in [-0.1, -0.05) is 60.7 Å². The topological polar surface area (TPSA) is 121 Å². The number of alkyl halides is 1. The van der Waals surface area contributed by atoms with Gasteiger partial charge in [0.2, 0.25) is 0 Å². The zero-order chi connectivity index (χ0) is 20.9. The lowest BCUT2D eigenvalue weighted by atomic mass is 9.86. The first-order chi connectivity index (χ1) is 13.1. The summed E-state index contributed by atoms with van der Waals surface area (Å²) in [5.74, 6) is -1.28. The van der Waals surface area contributed by atoms with Gasteiger partial charge in [-0.3, -0.25) is 0 Å². The Morgan fingerprint density at radius 3 is 1.54 bits per heavy atom. The largest absolute Gasteiger partial charge is 0.509 e. The molecule has 6 N–H and O–H groups in total. The Bertz CT molecular complexity index is 759. The maximum absolute atomic E-state index is 10.7. The van der Waals surface area contributed by atoms with Crippen molar-refractivity contribution in [1.82, 2.24) is 0 Å². The molecule has 0 radical (unpaired) electrons. The monoisotopic (exact) mass is 450 g/mol. The number of aliphatic hydroxyl groups is 6. The molecule has 0 spiro atoms. The molecule has 0 heterocycles. The molecule has 0 fully saturated rings. The Morgan fingerprint density at radius 2 is 1.14 bits per heavy atom. The average Bonchev–Trinajstić information content (AvgIpc) is 2.68. The molecule has 4 atom stereocenters. The van der Waals surface area contributed by atoms with Crippen LogP contribution in [-0.4, -0.2) is 53.0 Å². The summed E-state index contributed by atoms with van der Waals surface area (Å²) in [6.45, 7) is 1.01. The summed E-state index contributed by atoms with van der Waals surface area (Å²) in [6.07, 6.45) is -1.56. The van der Waals surface area contributed by atoms with Gasteiger partial charge in [0.05, 0.1) is 0 Å². The second-order valence-electron chi connectivity index (χ2n) is 6.59. The van der Waals surface area contributed by atoms with Crippen LogP contribution < -0.4 is 0 Å². The number of rotatable bonds is 7. The van der Waals surface area contributed by atoms with E-state index in [1.54, 1.807) is 60.7 Å². The van der Waals surface area contributed by atoms with Crippen molar-refractivity contribution in [2.45, 2.75) is 29.2 Å². The van der Waals surface area contributed by atoms with Crippen molar-refractivity contribution in [2.75, 3.05) is 0 Å². The van der Waals surface area contributed by atoms with Crippen LogP contribution >= 0.6 is 15.9 Å². The number of benzene rings is 2. The van der Waals surface area contributed by atoms with Gasteiger partial charge in [-0.25, -0.2) is 0 Å². The zero-order valence-electron chi connectivity index (χ0n) is 15.1. The van der Waals surface area contributed by atoms with E-state index in [4.69, 9.17) is 0 Å². The smallest absolute Gasteiger partial charge is 0.184 e. The third-order valence-electron chi connectivity index (χ3n) is 4.39. The molecule has 28 heavy (non-hydrogen) atoms. The van der Waals surface area contributed by atoms with E-state index in [-0.39, 0.29) is 0 Å². The van der Waals surface area contributed by atoms with Crippen LogP contribution in [0, 0.1) is 0 Å². The lowest BCUT2D eigenvalue weighted by Gasteiger charge is -2.42.